The Hall–Kier alpha value is -4.33. The summed E-state index contributed by atoms with van der Waals surface area (Å²) in [5.74, 6) is 6.66. The third kappa shape index (κ3) is 5.32. The molecule has 198 valence electrons. The van der Waals surface area contributed by atoms with Crippen molar-refractivity contribution >= 4 is 28.0 Å². The summed E-state index contributed by atoms with van der Waals surface area (Å²) in [5.41, 5.74) is 3.91. The number of benzene rings is 2. The van der Waals surface area contributed by atoms with Gasteiger partial charge in [-0.15, -0.1) is 0 Å². The van der Waals surface area contributed by atoms with E-state index in [2.05, 4.69) is 32.2 Å². The molecule has 1 N–H and O–H groups in total. The van der Waals surface area contributed by atoms with E-state index in [1.165, 1.54) is 6.07 Å². The monoisotopic (exact) mass is 531 g/mol. The van der Waals surface area contributed by atoms with E-state index in [9.17, 15) is 13.2 Å². The van der Waals surface area contributed by atoms with E-state index in [0.29, 0.717) is 60.8 Å². The van der Waals surface area contributed by atoms with Crippen LogP contribution >= 0.6 is 0 Å². The van der Waals surface area contributed by atoms with Gasteiger partial charge in [-0.05, 0) is 54.4 Å². The van der Waals surface area contributed by atoms with E-state index >= 15 is 0 Å². The van der Waals surface area contributed by atoms with Crippen LogP contribution in [0.4, 0.5) is 24.7 Å². The number of imidazole rings is 1. The number of hydrogen-bond acceptors (Lipinski definition) is 6. The van der Waals surface area contributed by atoms with Crippen molar-refractivity contribution < 1.29 is 22.4 Å². The maximum atomic E-state index is 13.7. The molecule has 1 aliphatic heterocycles. The van der Waals surface area contributed by atoms with Gasteiger partial charge in [0.25, 0.3) is 0 Å². The Bertz CT molecular complexity index is 1720. The van der Waals surface area contributed by atoms with Gasteiger partial charge in [-0.3, -0.25) is 4.90 Å². The fourth-order valence-electron chi connectivity index (χ4n) is 4.65. The highest BCUT2D eigenvalue weighted by molar-refractivity contribution is 5.94. The highest BCUT2D eigenvalue weighted by atomic mass is 19.4. The van der Waals surface area contributed by atoms with Crippen LogP contribution in [0.15, 0.2) is 65.7 Å². The molecule has 0 unspecified atom stereocenters. The zero-order valence-electron chi connectivity index (χ0n) is 21.0. The van der Waals surface area contributed by atoms with E-state index in [4.69, 9.17) is 9.26 Å². The first-order valence-corrected chi connectivity index (χ1v) is 12.4. The van der Waals surface area contributed by atoms with Crippen LogP contribution in [-0.4, -0.2) is 45.7 Å². The molecule has 1 fully saturated rings. The minimum Gasteiger partial charge on any atom is -0.379 e. The molecule has 5 aromatic rings. The van der Waals surface area contributed by atoms with Crippen LogP contribution in [0, 0.1) is 18.8 Å². The van der Waals surface area contributed by atoms with Gasteiger partial charge in [-0.1, -0.05) is 23.1 Å². The van der Waals surface area contributed by atoms with Gasteiger partial charge >= 0.3 is 6.18 Å². The van der Waals surface area contributed by atoms with Gasteiger partial charge in [0, 0.05) is 37.1 Å². The second-order valence-corrected chi connectivity index (χ2v) is 9.49. The number of alkyl halides is 3. The Morgan fingerprint density at radius 1 is 1.05 bits per heavy atom. The van der Waals surface area contributed by atoms with Crippen LogP contribution in [0.2, 0.25) is 0 Å². The molecule has 2 aromatic carbocycles. The number of pyridine rings is 1. The summed E-state index contributed by atoms with van der Waals surface area (Å²) < 4.78 is 54.1. The molecular formula is C29H24F3N5O2. The van der Waals surface area contributed by atoms with Gasteiger partial charge < -0.3 is 19.0 Å². The maximum absolute atomic E-state index is 13.7. The molecule has 0 radical (unpaired) electrons. The summed E-state index contributed by atoms with van der Waals surface area (Å²) in [6, 6.07) is 11.6. The number of fused-ring (bicyclic) bond motifs is 2. The molecule has 7 nitrogen and oxygen atoms in total. The van der Waals surface area contributed by atoms with Crippen LogP contribution in [-0.2, 0) is 17.5 Å². The minimum atomic E-state index is -4.48. The fourth-order valence-corrected chi connectivity index (χ4v) is 4.65. The number of morpholine rings is 1. The molecule has 4 heterocycles. The Morgan fingerprint density at radius 2 is 1.90 bits per heavy atom. The zero-order valence-corrected chi connectivity index (χ0v) is 21.0. The number of rotatable bonds is 4. The molecule has 1 saturated heterocycles. The molecule has 0 spiro atoms. The third-order valence-corrected chi connectivity index (χ3v) is 6.68. The van der Waals surface area contributed by atoms with E-state index in [1.807, 2.05) is 41.8 Å². The topological polar surface area (TPSA) is 67.8 Å². The standard InChI is InChI=1S/C29H24F3N5O2/c1-19-2-6-26-27(25(19)7-4-20-3-5-24-15-33-18-37(24)17-20)39-35-28(26)34-23-13-21(12-22(14-23)29(30,31)32)16-36-8-10-38-11-9-36/h2-3,5-6,12-15,17-18H,8-11,16H2,1H3,(H,34,35). The van der Waals surface area contributed by atoms with Crippen LogP contribution < -0.4 is 5.32 Å². The van der Waals surface area contributed by atoms with Crippen LogP contribution in [0.3, 0.4) is 0 Å². The Labute approximate surface area is 222 Å². The summed E-state index contributed by atoms with van der Waals surface area (Å²) in [4.78, 5) is 6.20. The molecule has 0 bridgehead atoms. The molecule has 3 aromatic heterocycles. The maximum Gasteiger partial charge on any atom is 0.416 e. The molecule has 10 heteroatoms. The number of aromatic nitrogens is 3. The molecular weight excluding hydrogens is 507 g/mol. The van der Waals surface area contributed by atoms with Crippen molar-refractivity contribution in [3.63, 3.8) is 0 Å². The summed E-state index contributed by atoms with van der Waals surface area (Å²) in [7, 11) is 0. The Kier molecular flexibility index (Phi) is 6.46. The van der Waals surface area contributed by atoms with Crippen LogP contribution in [0.5, 0.6) is 0 Å². The number of ether oxygens (including phenoxy) is 1. The van der Waals surface area contributed by atoms with Gasteiger partial charge in [0.15, 0.2) is 11.4 Å². The molecule has 0 atom stereocenters. The van der Waals surface area contributed by atoms with Gasteiger partial charge in [0.2, 0.25) is 0 Å². The van der Waals surface area contributed by atoms with Crippen molar-refractivity contribution in [3.8, 4) is 11.8 Å². The number of halogens is 3. The molecule has 1 aliphatic rings. The second kappa shape index (κ2) is 10.1. The highest BCUT2D eigenvalue weighted by Gasteiger charge is 2.31. The second-order valence-electron chi connectivity index (χ2n) is 9.49. The van der Waals surface area contributed by atoms with E-state index in [1.54, 1.807) is 18.6 Å². The van der Waals surface area contributed by atoms with Crippen molar-refractivity contribution in [2.45, 2.75) is 19.6 Å². The molecule has 0 saturated carbocycles. The quantitative estimate of drug-likeness (QED) is 0.297. The lowest BCUT2D eigenvalue weighted by Crippen LogP contribution is -2.35. The lowest BCUT2D eigenvalue weighted by Gasteiger charge is -2.27. The van der Waals surface area contributed by atoms with Gasteiger partial charge in [-0.2, -0.15) is 13.2 Å². The normalized spacial score (nSPS) is 14.5. The largest absolute Gasteiger partial charge is 0.416 e. The Morgan fingerprint density at radius 3 is 2.72 bits per heavy atom. The molecule has 0 amide bonds. The molecule has 0 aliphatic carbocycles. The van der Waals surface area contributed by atoms with Gasteiger partial charge in [0.05, 0.1) is 47.8 Å². The average molecular weight is 532 g/mol. The smallest absolute Gasteiger partial charge is 0.379 e. The minimum absolute atomic E-state index is 0.283. The van der Waals surface area contributed by atoms with Crippen LogP contribution in [0.1, 0.15) is 27.8 Å². The molecule has 39 heavy (non-hydrogen) atoms. The van der Waals surface area contributed by atoms with E-state index in [0.717, 1.165) is 22.7 Å². The lowest BCUT2D eigenvalue weighted by molar-refractivity contribution is -0.137. The predicted octanol–water partition coefficient (Wildman–Crippen LogP) is 5.78. The first-order chi connectivity index (χ1) is 18.8. The van der Waals surface area contributed by atoms with Crippen molar-refractivity contribution in [1.29, 1.82) is 0 Å². The van der Waals surface area contributed by atoms with E-state index < -0.39 is 11.7 Å². The first kappa shape index (κ1) is 25.0. The summed E-state index contributed by atoms with van der Waals surface area (Å²) in [6.45, 7) is 4.79. The SMILES string of the molecule is Cc1ccc2c(Nc3cc(CN4CCOCC4)cc(C(F)(F)F)c3)noc2c1C#Cc1ccc2cncn2c1. The highest BCUT2D eigenvalue weighted by Crippen LogP contribution is 2.35. The fraction of sp³-hybridized carbons (Fsp3) is 0.241. The summed E-state index contributed by atoms with van der Waals surface area (Å²) in [6.07, 6.45) is 0.880. The first-order valence-electron chi connectivity index (χ1n) is 12.4. The average Bonchev–Trinajstić information content (AvgIpc) is 3.55. The van der Waals surface area contributed by atoms with Crippen molar-refractivity contribution in [3.05, 3.63) is 89.0 Å². The summed E-state index contributed by atoms with van der Waals surface area (Å²) >= 11 is 0. The number of hydrogen-bond donors (Lipinski definition) is 1. The third-order valence-electron chi connectivity index (χ3n) is 6.68. The summed E-state index contributed by atoms with van der Waals surface area (Å²) in [5, 5.41) is 7.82. The van der Waals surface area contributed by atoms with Crippen molar-refractivity contribution in [2.24, 2.45) is 0 Å². The van der Waals surface area contributed by atoms with Gasteiger partial charge in [0.1, 0.15) is 0 Å². The molecule has 6 rings (SSSR count). The van der Waals surface area contributed by atoms with Gasteiger partial charge in [-0.25, -0.2) is 4.98 Å². The number of nitrogens with zero attached hydrogens (tertiary/aromatic N) is 4. The lowest BCUT2D eigenvalue weighted by atomic mass is 10.0. The predicted molar refractivity (Wildman–Crippen MR) is 141 cm³/mol. The zero-order chi connectivity index (χ0) is 27.0. The van der Waals surface area contributed by atoms with Crippen LogP contribution in [0.25, 0.3) is 16.5 Å². The number of aryl methyl sites for hydroxylation is 1. The number of anilines is 2. The van der Waals surface area contributed by atoms with E-state index in [-0.39, 0.29) is 5.69 Å². The van der Waals surface area contributed by atoms with Crippen molar-refractivity contribution in [1.82, 2.24) is 19.4 Å². The Balaban J connectivity index is 1.32. The number of nitrogens with one attached hydrogen (secondary N) is 1. The van der Waals surface area contributed by atoms with Crippen molar-refractivity contribution in [2.75, 3.05) is 31.6 Å².